The maximum atomic E-state index is 10.9. The molecule has 7 heteroatoms. The minimum Gasteiger partial charge on any atom is -0.497 e. The topological polar surface area (TPSA) is 79.0 Å². The van der Waals surface area contributed by atoms with E-state index in [1.165, 1.54) is 4.90 Å². The van der Waals surface area contributed by atoms with Crippen molar-refractivity contribution in [1.82, 2.24) is 15.0 Å². The van der Waals surface area contributed by atoms with E-state index in [2.05, 4.69) is 10.1 Å². The third-order valence-corrected chi connectivity index (χ3v) is 3.96. The molecule has 0 saturated carbocycles. The van der Waals surface area contributed by atoms with Crippen LogP contribution in [0.25, 0.3) is 11.3 Å². The average molecular weight is 317 g/mol. The first-order valence-electron chi connectivity index (χ1n) is 7.46. The van der Waals surface area contributed by atoms with Crippen molar-refractivity contribution in [3.63, 3.8) is 0 Å². The Morgan fingerprint density at radius 1 is 1.26 bits per heavy atom. The van der Waals surface area contributed by atoms with Crippen molar-refractivity contribution in [3.05, 3.63) is 36.0 Å². The van der Waals surface area contributed by atoms with Crippen molar-refractivity contribution in [1.29, 1.82) is 0 Å². The zero-order valence-corrected chi connectivity index (χ0v) is 12.9. The number of carboxylic acid groups (broad SMARTS) is 1. The van der Waals surface area contributed by atoms with Crippen molar-refractivity contribution in [2.75, 3.05) is 33.3 Å². The monoisotopic (exact) mass is 317 g/mol. The van der Waals surface area contributed by atoms with Gasteiger partial charge in [-0.05, 0) is 24.3 Å². The van der Waals surface area contributed by atoms with Crippen LogP contribution in [-0.4, -0.2) is 59.4 Å². The zero-order valence-electron chi connectivity index (χ0n) is 12.9. The number of rotatable bonds is 4. The van der Waals surface area contributed by atoms with Gasteiger partial charge in [-0.3, -0.25) is 4.90 Å². The van der Waals surface area contributed by atoms with E-state index in [1.807, 2.05) is 30.3 Å². The van der Waals surface area contributed by atoms with Crippen LogP contribution in [0.15, 0.2) is 34.9 Å². The summed E-state index contributed by atoms with van der Waals surface area (Å²) < 4.78 is 10.5. The van der Waals surface area contributed by atoms with Crippen LogP contribution >= 0.6 is 0 Å². The number of piperazine rings is 1. The second kappa shape index (κ2) is 6.70. The fraction of sp³-hybridized carbons (Fsp3) is 0.375. The Kier molecular flexibility index (Phi) is 4.47. The Morgan fingerprint density at radius 2 is 1.96 bits per heavy atom. The fourth-order valence-corrected chi connectivity index (χ4v) is 2.60. The summed E-state index contributed by atoms with van der Waals surface area (Å²) in [5, 5.41) is 13.1. The Labute approximate surface area is 134 Å². The minimum atomic E-state index is -0.854. The van der Waals surface area contributed by atoms with E-state index >= 15 is 0 Å². The van der Waals surface area contributed by atoms with E-state index in [0.29, 0.717) is 38.5 Å². The molecule has 0 spiro atoms. The molecule has 2 heterocycles. The van der Waals surface area contributed by atoms with Crippen molar-refractivity contribution in [2.24, 2.45) is 0 Å². The molecule has 0 bridgehead atoms. The average Bonchev–Trinajstić information content (AvgIpc) is 3.04. The van der Waals surface area contributed by atoms with E-state index < -0.39 is 6.09 Å². The van der Waals surface area contributed by atoms with Gasteiger partial charge in [0.2, 0.25) is 0 Å². The van der Waals surface area contributed by atoms with Crippen molar-refractivity contribution in [2.45, 2.75) is 6.54 Å². The van der Waals surface area contributed by atoms with E-state index in [0.717, 1.165) is 17.0 Å². The molecule has 1 N–H and O–H groups in total. The summed E-state index contributed by atoms with van der Waals surface area (Å²) >= 11 is 0. The molecular weight excluding hydrogens is 298 g/mol. The van der Waals surface area contributed by atoms with Crippen LogP contribution in [0.4, 0.5) is 4.79 Å². The fourth-order valence-electron chi connectivity index (χ4n) is 2.60. The number of benzene rings is 1. The van der Waals surface area contributed by atoms with E-state index in [1.54, 1.807) is 7.11 Å². The van der Waals surface area contributed by atoms with E-state index in [-0.39, 0.29) is 0 Å². The predicted molar refractivity (Wildman–Crippen MR) is 83.4 cm³/mol. The number of aromatic nitrogens is 1. The largest absolute Gasteiger partial charge is 0.497 e. The third kappa shape index (κ3) is 3.62. The number of carbonyl (C=O) groups is 1. The minimum absolute atomic E-state index is 0.526. The van der Waals surface area contributed by atoms with Crippen LogP contribution in [0.5, 0.6) is 5.75 Å². The van der Waals surface area contributed by atoms with Gasteiger partial charge >= 0.3 is 6.09 Å². The van der Waals surface area contributed by atoms with Crippen LogP contribution in [0, 0.1) is 0 Å². The third-order valence-electron chi connectivity index (χ3n) is 3.96. The summed E-state index contributed by atoms with van der Waals surface area (Å²) in [4.78, 5) is 14.5. The van der Waals surface area contributed by atoms with Gasteiger partial charge in [0.15, 0.2) is 5.76 Å². The first-order valence-corrected chi connectivity index (χ1v) is 7.46. The molecule has 0 unspecified atom stereocenters. The molecule has 1 amide bonds. The lowest BCUT2D eigenvalue weighted by Crippen LogP contribution is -2.47. The lowest BCUT2D eigenvalue weighted by Gasteiger charge is -2.32. The summed E-state index contributed by atoms with van der Waals surface area (Å²) in [6.07, 6.45) is -0.854. The van der Waals surface area contributed by atoms with Crippen molar-refractivity contribution in [3.8, 4) is 17.1 Å². The number of methoxy groups -OCH3 is 1. The quantitative estimate of drug-likeness (QED) is 0.931. The second-order valence-electron chi connectivity index (χ2n) is 5.46. The molecule has 2 aromatic rings. The highest BCUT2D eigenvalue weighted by molar-refractivity contribution is 5.65. The summed E-state index contributed by atoms with van der Waals surface area (Å²) in [7, 11) is 1.63. The van der Waals surface area contributed by atoms with E-state index in [9.17, 15) is 4.79 Å². The lowest BCUT2D eigenvalue weighted by atomic mass is 10.1. The SMILES string of the molecule is COc1ccc(-c2cc(CN3CCN(C(=O)O)CC3)no2)cc1. The number of hydrogen-bond acceptors (Lipinski definition) is 5. The Bertz CT molecular complexity index is 660. The van der Waals surface area contributed by atoms with Crippen LogP contribution in [-0.2, 0) is 6.54 Å². The highest BCUT2D eigenvalue weighted by Gasteiger charge is 2.21. The van der Waals surface area contributed by atoms with Gasteiger partial charge in [-0.25, -0.2) is 4.79 Å². The van der Waals surface area contributed by atoms with Crippen molar-refractivity contribution < 1.29 is 19.2 Å². The molecule has 1 saturated heterocycles. The van der Waals surface area contributed by atoms with Gasteiger partial charge in [0.1, 0.15) is 5.75 Å². The molecule has 23 heavy (non-hydrogen) atoms. The summed E-state index contributed by atoms with van der Waals surface area (Å²) in [6.45, 7) is 3.12. The number of amides is 1. The lowest BCUT2D eigenvalue weighted by molar-refractivity contribution is 0.102. The normalized spacial score (nSPS) is 15.6. The molecule has 3 rings (SSSR count). The summed E-state index contributed by atoms with van der Waals surface area (Å²) in [5.41, 5.74) is 1.79. The van der Waals surface area contributed by atoms with Gasteiger partial charge in [0, 0.05) is 44.4 Å². The molecule has 1 aromatic carbocycles. The van der Waals surface area contributed by atoms with Gasteiger partial charge in [-0.15, -0.1) is 0 Å². The standard InChI is InChI=1S/C16H19N3O4/c1-22-14-4-2-12(3-5-14)15-10-13(17-23-15)11-18-6-8-19(9-7-18)16(20)21/h2-5,10H,6-9,11H2,1H3,(H,20,21). The highest BCUT2D eigenvalue weighted by Crippen LogP contribution is 2.23. The summed E-state index contributed by atoms with van der Waals surface area (Å²) in [5.74, 6) is 1.51. The first-order chi connectivity index (χ1) is 11.2. The first kappa shape index (κ1) is 15.4. The molecule has 7 nitrogen and oxygen atoms in total. The molecule has 1 aliphatic rings. The second-order valence-corrected chi connectivity index (χ2v) is 5.46. The molecule has 0 atom stereocenters. The number of ether oxygens (including phenoxy) is 1. The number of nitrogens with zero attached hydrogens (tertiary/aromatic N) is 3. The Balaban J connectivity index is 1.60. The van der Waals surface area contributed by atoms with Crippen LogP contribution in [0.3, 0.4) is 0 Å². The van der Waals surface area contributed by atoms with Crippen LogP contribution in [0.2, 0.25) is 0 Å². The maximum absolute atomic E-state index is 10.9. The Morgan fingerprint density at radius 3 is 2.57 bits per heavy atom. The van der Waals surface area contributed by atoms with Gasteiger partial charge in [0.05, 0.1) is 12.8 Å². The van der Waals surface area contributed by atoms with Crippen LogP contribution in [0.1, 0.15) is 5.69 Å². The van der Waals surface area contributed by atoms with E-state index in [4.69, 9.17) is 14.4 Å². The molecular formula is C16H19N3O4. The molecule has 1 aliphatic heterocycles. The molecule has 1 fully saturated rings. The summed E-state index contributed by atoms with van der Waals surface area (Å²) in [6, 6.07) is 9.53. The van der Waals surface area contributed by atoms with Crippen LogP contribution < -0.4 is 4.74 Å². The van der Waals surface area contributed by atoms with Gasteiger partial charge in [-0.2, -0.15) is 0 Å². The zero-order chi connectivity index (χ0) is 16.2. The molecule has 1 aromatic heterocycles. The highest BCUT2D eigenvalue weighted by atomic mass is 16.5. The predicted octanol–water partition coefficient (Wildman–Crippen LogP) is 2.15. The van der Waals surface area contributed by atoms with Crippen molar-refractivity contribution >= 4 is 6.09 Å². The molecule has 0 aliphatic carbocycles. The van der Waals surface area contributed by atoms with Gasteiger partial charge in [0.25, 0.3) is 0 Å². The number of hydrogen-bond donors (Lipinski definition) is 1. The Hall–Kier alpha value is -2.54. The smallest absolute Gasteiger partial charge is 0.407 e. The molecule has 122 valence electrons. The molecule has 0 radical (unpaired) electrons. The maximum Gasteiger partial charge on any atom is 0.407 e. The van der Waals surface area contributed by atoms with Gasteiger partial charge in [-0.1, -0.05) is 5.16 Å². The van der Waals surface area contributed by atoms with Gasteiger partial charge < -0.3 is 19.3 Å².